The van der Waals surface area contributed by atoms with Crippen molar-refractivity contribution in [3.63, 3.8) is 0 Å². The molecule has 0 aromatic carbocycles. The van der Waals surface area contributed by atoms with Gasteiger partial charge in [0.2, 0.25) is 0 Å². The molecule has 0 spiro atoms. The molecular weight excluding hydrogens is 127 g/mol. The van der Waals surface area contributed by atoms with Crippen LogP contribution < -0.4 is 0 Å². The van der Waals surface area contributed by atoms with Crippen LogP contribution in [0.15, 0.2) is 11.4 Å². The maximum Gasteiger partial charge on any atom is 0.102 e. The van der Waals surface area contributed by atoms with Crippen LogP contribution >= 0.6 is 0 Å². The van der Waals surface area contributed by atoms with Gasteiger partial charge in [-0.05, 0) is 31.8 Å². The molecule has 0 radical (unpaired) electrons. The van der Waals surface area contributed by atoms with E-state index in [1.54, 1.807) is 0 Å². The summed E-state index contributed by atoms with van der Waals surface area (Å²) in [6.07, 6.45) is 4.36. The molecule has 1 atom stereocenters. The molecule has 0 bridgehead atoms. The summed E-state index contributed by atoms with van der Waals surface area (Å²) < 4.78 is 13.1. The highest BCUT2D eigenvalue weighted by atomic mass is 19.1. The van der Waals surface area contributed by atoms with E-state index in [9.17, 15) is 4.39 Å². The van der Waals surface area contributed by atoms with Crippen LogP contribution in [0.1, 0.15) is 39.5 Å². The topological polar surface area (TPSA) is 0 Å². The molecule has 0 saturated carbocycles. The highest BCUT2D eigenvalue weighted by Gasteiger charge is 2.14. The number of hydrogen-bond acceptors (Lipinski definition) is 0. The molecule has 58 valence electrons. The minimum absolute atomic E-state index is 0.150. The monoisotopic (exact) mass is 142 g/mol. The van der Waals surface area contributed by atoms with Crippen LogP contribution in [-0.4, -0.2) is 0 Å². The summed E-state index contributed by atoms with van der Waals surface area (Å²) in [6.45, 7) is 3.89. The second kappa shape index (κ2) is 3.18. The van der Waals surface area contributed by atoms with Gasteiger partial charge in [-0.25, -0.2) is 4.39 Å². The van der Waals surface area contributed by atoms with Gasteiger partial charge in [-0.1, -0.05) is 13.3 Å². The van der Waals surface area contributed by atoms with Gasteiger partial charge in [-0.2, -0.15) is 0 Å². The Labute approximate surface area is 62.1 Å². The molecule has 0 fully saturated rings. The van der Waals surface area contributed by atoms with Crippen molar-refractivity contribution in [2.75, 3.05) is 0 Å². The third-order valence-electron chi connectivity index (χ3n) is 2.28. The molecule has 1 heteroatoms. The zero-order valence-electron chi connectivity index (χ0n) is 6.78. The van der Waals surface area contributed by atoms with Crippen LogP contribution in [-0.2, 0) is 0 Å². The molecule has 1 aliphatic carbocycles. The molecule has 1 aliphatic rings. The summed E-state index contributed by atoms with van der Waals surface area (Å²) in [7, 11) is 0. The highest BCUT2D eigenvalue weighted by Crippen LogP contribution is 2.28. The fourth-order valence-corrected chi connectivity index (χ4v) is 1.51. The van der Waals surface area contributed by atoms with Gasteiger partial charge in [0, 0.05) is 5.92 Å². The predicted octanol–water partition coefficient (Wildman–Crippen LogP) is 3.44. The number of allylic oxidation sites excluding steroid dienone is 2. The third-order valence-corrected chi connectivity index (χ3v) is 2.28. The number of rotatable bonds is 0. The molecule has 1 unspecified atom stereocenters. The van der Waals surface area contributed by atoms with Crippen molar-refractivity contribution < 1.29 is 4.39 Å². The van der Waals surface area contributed by atoms with Crippen molar-refractivity contribution in [2.45, 2.75) is 39.5 Å². The molecule has 10 heavy (non-hydrogen) atoms. The standard InChI is InChI=1S/C9H15F/c1-7-5-3-4-6-8(2)9(7)10/h7H,3-6H2,1-2H3. The zero-order chi connectivity index (χ0) is 7.56. The molecule has 0 aromatic rings. The fourth-order valence-electron chi connectivity index (χ4n) is 1.51. The van der Waals surface area contributed by atoms with Crippen LogP contribution in [0.5, 0.6) is 0 Å². The summed E-state index contributed by atoms with van der Waals surface area (Å²) in [5, 5.41) is 0. The fraction of sp³-hybridized carbons (Fsp3) is 0.778. The molecule has 0 aliphatic heterocycles. The lowest BCUT2D eigenvalue weighted by atomic mass is 10.0. The minimum Gasteiger partial charge on any atom is -0.212 e. The number of halogens is 1. The van der Waals surface area contributed by atoms with E-state index in [0.29, 0.717) is 0 Å². The molecule has 0 N–H and O–H groups in total. The van der Waals surface area contributed by atoms with Crippen LogP contribution in [0, 0.1) is 5.92 Å². The van der Waals surface area contributed by atoms with Crippen molar-refractivity contribution >= 4 is 0 Å². The van der Waals surface area contributed by atoms with E-state index < -0.39 is 0 Å². The Morgan fingerprint density at radius 1 is 1.40 bits per heavy atom. The first-order valence-electron chi connectivity index (χ1n) is 4.07. The maximum absolute atomic E-state index is 13.1. The van der Waals surface area contributed by atoms with Crippen molar-refractivity contribution in [3.05, 3.63) is 11.4 Å². The van der Waals surface area contributed by atoms with Gasteiger partial charge in [0.25, 0.3) is 0 Å². The van der Waals surface area contributed by atoms with Crippen LogP contribution in [0.2, 0.25) is 0 Å². The lowest BCUT2D eigenvalue weighted by Crippen LogP contribution is -1.93. The highest BCUT2D eigenvalue weighted by molar-refractivity contribution is 5.08. The Morgan fingerprint density at radius 2 is 2.10 bits per heavy atom. The van der Waals surface area contributed by atoms with Gasteiger partial charge in [-0.3, -0.25) is 0 Å². The predicted molar refractivity (Wildman–Crippen MR) is 41.4 cm³/mol. The van der Waals surface area contributed by atoms with E-state index in [-0.39, 0.29) is 11.7 Å². The summed E-state index contributed by atoms with van der Waals surface area (Å²) in [5.41, 5.74) is 0.977. The molecule has 0 saturated heterocycles. The SMILES string of the molecule is CC1=C(F)C(C)CCCC1. The molecule has 1 rings (SSSR count). The lowest BCUT2D eigenvalue weighted by molar-refractivity contribution is 0.463. The molecule has 0 heterocycles. The number of hydrogen-bond donors (Lipinski definition) is 0. The van der Waals surface area contributed by atoms with Crippen molar-refractivity contribution in [1.82, 2.24) is 0 Å². The Hall–Kier alpha value is -0.330. The minimum atomic E-state index is 0.150. The van der Waals surface area contributed by atoms with Gasteiger partial charge in [0.05, 0.1) is 0 Å². The molecular formula is C9H15F. The van der Waals surface area contributed by atoms with E-state index in [4.69, 9.17) is 0 Å². The average molecular weight is 142 g/mol. The average Bonchev–Trinajstić information content (AvgIpc) is 2.04. The zero-order valence-corrected chi connectivity index (χ0v) is 6.78. The Morgan fingerprint density at radius 3 is 2.80 bits per heavy atom. The Balaban J connectivity index is 2.69. The first-order valence-corrected chi connectivity index (χ1v) is 4.07. The van der Waals surface area contributed by atoms with E-state index >= 15 is 0 Å². The van der Waals surface area contributed by atoms with Gasteiger partial charge >= 0.3 is 0 Å². The summed E-state index contributed by atoms with van der Waals surface area (Å²) in [4.78, 5) is 0. The lowest BCUT2D eigenvalue weighted by Gasteiger charge is -2.05. The second-order valence-corrected chi connectivity index (χ2v) is 3.28. The quantitative estimate of drug-likeness (QED) is 0.486. The molecule has 0 amide bonds. The van der Waals surface area contributed by atoms with Crippen LogP contribution in [0.3, 0.4) is 0 Å². The van der Waals surface area contributed by atoms with Crippen LogP contribution in [0.25, 0.3) is 0 Å². The van der Waals surface area contributed by atoms with Gasteiger partial charge in [0.15, 0.2) is 0 Å². The third kappa shape index (κ3) is 1.59. The normalized spacial score (nSPS) is 28.5. The second-order valence-electron chi connectivity index (χ2n) is 3.28. The van der Waals surface area contributed by atoms with Gasteiger partial charge in [-0.15, -0.1) is 0 Å². The van der Waals surface area contributed by atoms with E-state index in [1.807, 2.05) is 13.8 Å². The van der Waals surface area contributed by atoms with Crippen LogP contribution in [0.4, 0.5) is 4.39 Å². The first kappa shape index (κ1) is 7.77. The largest absolute Gasteiger partial charge is 0.212 e. The summed E-state index contributed by atoms with van der Waals surface area (Å²) >= 11 is 0. The first-order chi connectivity index (χ1) is 4.72. The smallest absolute Gasteiger partial charge is 0.102 e. The van der Waals surface area contributed by atoms with Gasteiger partial charge < -0.3 is 0 Å². The molecule has 0 nitrogen and oxygen atoms in total. The van der Waals surface area contributed by atoms with Crippen molar-refractivity contribution in [3.8, 4) is 0 Å². The Kier molecular flexibility index (Phi) is 2.47. The Bertz CT molecular complexity index is 147. The van der Waals surface area contributed by atoms with Crippen molar-refractivity contribution in [2.24, 2.45) is 5.92 Å². The van der Waals surface area contributed by atoms with Crippen molar-refractivity contribution in [1.29, 1.82) is 0 Å². The summed E-state index contributed by atoms with van der Waals surface area (Å²) in [5.74, 6) is 0.333. The van der Waals surface area contributed by atoms with E-state index in [2.05, 4.69) is 0 Å². The van der Waals surface area contributed by atoms with Gasteiger partial charge in [0.1, 0.15) is 5.83 Å². The maximum atomic E-state index is 13.1. The summed E-state index contributed by atoms with van der Waals surface area (Å²) in [6, 6.07) is 0. The molecule has 0 aromatic heterocycles. The van der Waals surface area contributed by atoms with E-state index in [1.165, 1.54) is 12.8 Å². The van der Waals surface area contributed by atoms with E-state index in [0.717, 1.165) is 18.4 Å².